The van der Waals surface area contributed by atoms with E-state index in [0.717, 1.165) is 18.2 Å². The predicted molar refractivity (Wildman–Crippen MR) is 48.3 cm³/mol. The van der Waals surface area contributed by atoms with Crippen LogP contribution in [0.4, 0.5) is 0 Å². The van der Waals surface area contributed by atoms with Gasteiger partial charge in [0.25, 0.3) is 15.9 Å². The quantitative estimate of drug-likeness (QED) is 0.418. The molecule has 1 atom stereocenters. The summed E-state index contributed by atoms with van der Waals surface area (Å²) in [6.45, 7) is 0. The maximum Gasteiger partial charge on any atom is 1.00 e. The van der Waals surface area contributed by atoms with E-state index in [1.165, 1.54) is 0 Å². The molecule has 0 aliphatic carbocycles. The molecule has 1 aromatic rings. The van der Waals surface area contributed by atoms with Crippen molar-refractivity contribution in [3.63, 3.8) is 0 Å². The largest absolute Gasteiger partial charge is 1.00 e. The topological polar surface area (TPSA) is 103 Å². The Labute approximate surface area is 116 Å². The predicted octanol–water partition coefficient (Wildman–Crippen LogP) is -3.64. The average Bonchev–Trinajstić information content (AvgIpc) is 2.37. The first-order chi connectivity index (χ1) is 6.92. The molecule has 6 nitrogen and oxygen atoms in total. The Hall–Kier alpha value is -0.250. The minimum absolute atomic E-state index is 0. The molecule has 80 valence electrons. The third-order valence-corrected chi connectivity index (χ3v) is 3.93. The van der Waals surface area contributed by atoms with E-state index < -0.39 is 27.0 Å². The third-order valence-electron chi connectivity index (χ3n) is 1.90. The van der Waals surface area contributed by atoms with Gasteiger partial charge in [-0.25, -0.2) is 13.1 Å². The molecule has 1 aliphatic rings. The zero-order chi connectivity index (χ0) is 11.2. The van der Waals surface area contributed by atoms with Gasteiger partial charge in [-0.1, -0.05) is 0 Å². The number of carbonyl (C=O) groups excluding carboxylic acids is 1. The molecule has 0 spiro atoms. The molecule has 1 heterocycles. The normalized spacial score (nSPS) is 18.2. The molecular formula is C7H4NNaO5S2. The summed E-state index contributed by atoms with van der Waals surface area (Å²) in [7, 11) is -3.80. The summed E-state index contributed by atoms with van der Waals surface area (Å²) >= 11 is -2.49. The molecule has 16 heavy (non-hydrogen) atoms. The molecule has 0 bridgehead atoms. The SMILES string of the molecule is O=C1NS(=O)(=O)c2ccc(S(=O)[O-])cc21.[Na+]. The van der Waals surface area contributed by atoms with E-state index in [-0.39, 0.29) is 44.9 Å². The van der Waals surface area contributed by atoms with Gasteiger partial charge in [0.2, 0.25) is 0 Å². The van der Waals surface area contributed by atoms with Crippen molar-refractivity contribution in [2.24, 2.45) is 0 Å². The van der Waals surface area contributed by atoms with Crippen LogP contribution in [0.25, 0.3) is 0 Å². The monoisotopic (exact) mass is 269 g/mol. The fraction of sp³-hybridized carbons (Fsp3) is 0. The van der Waals surface area contributed by atoms with E-state index in [1.54, 1.807) is 4.72 Å². The minimum atomic E-state index is -3.80. The Morgan fingerprint density at radius 3 is 2.50 bits per heavy atom. The van der Waals surface area contributed by atoms with Gasteiger partial charge in [-0.3, -0.25) is 9.00 Å². The molecule has 1 aliphatic heterocycles. The van der Waals surface area contributed by atoms with Crippen LogP contribution >= 0.6 is 0 Å². The molecule has 0 saturated heterocycles. The van der Waals surface area contributed by atoms with Crippen LogP contribution in [0.5, 0.6) is 0 Å². The second-order valence-electron chi connectivity index (χ2n) is 2.83. The van der Waals surface area contributed by atoms with E-state index in [2.05, 4.69) is 0 Å². The van der Waals surface area contributed by atoms with Gasteiger partial charge in [0.05, 0.1) is 5.56 Å². The number of benzene rings is 1. The number of amides is 1. The van der Waals surface area contributed by atoms with Crippen LogP contribution in [0.3, 0.4) is 0 Å². The smallest absolute Gasteiger partial charge is 0.768 e. The zero-order valence-electron chi connectivity index (χ0n) is 8.09. The Bertz CT molecular complexity index is 582. The summed E-state index contributed by atoms with van der Waals surface area (Å²) in [5, 5.41) is 0. The van der Waals surface area contributed by atoms with Crippen molar-refractivity contribution in [2.75, 3.05) is 0 Å². The Kier molecular flexibility index (Phi) is 3.93. The number of hydrogen-bond donors (Lipinski definition) is 1. The second-order valence-corrected chi connectivity index (χ2v) is 5.42. The van der Waals surface area contributed by atoms with Crippen LogP contribution in [-0.2, 0) is 21.1 Å². The van der Waals surface area contributed by atoms with Crippen molar-refractivity contribution in [1.29, 1.82) is 0 Å². The molecule has 1 aromatic carbocycles. The zero-order valence-corrected chi connectivity index (χ0v) is 11.7. The van der Waals surface area contributed by atoms with Crippen LogP contribution in [-0.4, -0.2) is 23.1 Å². The number of sulfonamides is 1. The molecular weight excluding hydrogens is 265 g/mol. The summed E-state index contributed by atoms with van der Waals surface area (Å²) in [6.07, 6.45) is 0. The van der Waals surface area contributed by atoms with Crippen molar-refractivity contribution >= 4 is 27.0 Å². The van der Waals surface area contributed by atoms with Gasteiger partial charge in [0, 0.05) is 4.90 Å². The van der Waals surface area contributed by atoms with Crippen LogP contribution in [0.15, 0.2) is 28.0 Å². The summed E-state index contributed by atoms with van der Waals surface area (Å²) in [4.78, 5) is 10.8. The van der Waals surface area contributed by atoms with Crippen LogP contribution in [0, 0.1) is 0 Å². The van der Waals surface area contributed by atoms with Gasteiger partial charge >= 0.3 is 29.6 Å². The van der Waals surface area contributed by atoms with Crippen molar-refractivity contribution < 1.29 is 51.5 Å². The first-order valence-electron chi connectivity index (χ1n) is 3.72. The number of carbonyl (C=O) groups is 1. The molecule has 2 rings (SSSR count). The molecule has 1 unspecified atom stereocenters. The third kappa shape index (κ3) is 2.22. The number of rotatable bonds is 1. The van der Waals surface area contributed by atoms with Crippen LogP contribution in [0.2, 0.25) is 0 Å². The summed E-state index contributed by atoms with van der Waals surface area (Å²) in [5.74, 6) is -0.808. The Morgan fingerprint density at radius 1 is 1.31 bits per heavy atom. The van der Waals surface area contributed by atoms with Crippen molar-refractivity contribution in [2.45, 2.75) is 9.79 Å². The molecule has 0 fully saturated rings. The van der Waals surface area contributed by atoms with Crippen LogP contribution in [0.1, 0.15) is 10.4 Å². The van der Waals surface area contributed by atoms with Crippen molar-refractivity contribution in [3.05, 3.63) is 23.8 Å². The standard InChI is InChI=1S/C7H5NO5S2.Na/c9-7-5-3-4(14(10)11)1-2-6(5)15(12,13)8-7;/h1-3H,(H,8,9)(H,10,11);/q;+1/p-1. The van der Waals surface area contributed by atoms with Gasteiger partial charge in [0.15, 0.2) is 0 Å². The Morgan fingerprint density at radius 2 is 1.94 bits per heavy atom. The molecule has 0 radical (unpaired) electrons. The summed E-state index contributed by atoms with van der Waals surface area (Å²) < 4.78 is 45.4. The number of fused-ring (bicyclic) bond motifs is 1. The maximum atomic E-state index is 11.3. The van der Waals surface area contributed by atoms with Gasteiger partial charge in [-0.15, -0.1) is 0 Å². The average molecular weight is 269 g/mol. The van der Waals surface area contributed by atoms with E-state index >= 15 is 0 Å². The molecule has 1 amide bonds. The van der Waals surface area contributed by atoms with E-state index in [1.807, 2.05) is 0 Å². The molecule has 0 saturated carbocycles. The first-order valence-corrected chi connectivity index (χ1v) is 6.28. The number of hydrogen-bond acceptors (Lipinski definition) is 5. The molecule has 0 aromatic heterocycles. The van der Waals surface area contributed by atoms with Gasteiger partial charge in [-0.05, 0) is 29.3 Å². The van der Waals surface area contributed by atoms with Crippen molar-refractivity contribution in [1.82, 2.24) is 4.72 Å². The Balaban J connectivity index is 0.00000128. The summed E-state index contributed by atoms with van der Waals surface area (Å²) in [6, 6.07) is 3.24. The van der Waals surface area contributed by atoms with Gasteiger partial charge < -0.3 is 4.55 Å². The number of nitrogens with one attached hydrogen (secondary N) is 1. The van der Waals surface area contributed by atoms with Gasteiger partial charge in [0.1, 0.15) is 4.90 Å². The van der Waals surface area contributed by atoms with Crippen molar-refractivity contribution in [3.8, 4) is 0 Å². The summed E-state index contributed by atoms with van der Waals surface area (Å²) in [5.41, 5.74) is -0.142. The second kappa shape index (κ2) is 4.55. The fourth-order valence-corrected chi connectivity index (χ4v) is 2.80. The first kappa shape index (κ1) is 13.8. The van der Waals surface area contributed by atoms with Crippen LogP contribution < -0.4 is 34.3 Å². The minimum Gasteiger partial charge on any atom is -0.768 e. The fourth-order valence-electron chi connectivity index (χ4n) is 1.26. The van der Waals surface area contributed by atoms with E-state index in [4.69, 9.17) is 0 Å². The van der Waals surface area contributed by atoms with Gasteiger partial charge in [-0.2, -0.15) is 0 Å². The molecule has 1 N–H and O–H groups in total. The molecule has 9 heteroatoms. The van der Waals surface area contributed by atoms with E-state index in [0.29, 0.717) is 0 Å². The maximum absolute atomic E-state index is 11.3. The van der Waals surface area contributed by atoms with E-state index in [9.17, 15) is 22.0 Å².